The van der Waals surface area contributed by atoms with E-state index in [1.807, 2.05) is 0 Å². The van der Waals surface area contributed by atoms with Crippen molar-refractivity contribution in [2.45, 2.75) is 58.4 Å². The Morgan fingerprint density at radius 2 is 2.05 bits per heavy atom. The average molecular weight is 293 g/mol. The fraction of sp³-hybridized carbons (Fsp3) is 0.714. The van der Waals surface area contributed by atoms with Gasteiger partial charge in [-0.3, -0.25) is 10.1 Å². The lowest BCUT2D eigenvalue weighted by molar-refractivity contribution is -0.385. The van der Waals surface area contributed by atoms with Crippen LogP contribution < -0.4 is 11.1 Å². The van der Waals surface area contributed by atoms with E-state index in [9.17, 15) is 10.1 Å². The highest BCUT2D eigenvalue weighted by Gasteiger charge is 2.27. The number of rotatable bonds is 5. The molecule has 1 atom stereocenters. The van der Waals surface area contributed by atoms with Crippen LogP contribution in [0.4, 0.5) is 17.5 Å². The number of hydrogen-bond donors (Lipinski definition) is 2. The molecule has 7 heteroatoms. The standard InChI is InChI=1S/C14H23N5O2/c1-3-11(10-7-5-4-6-8-10)17-13-12(19(20)21)9(2)16-14(15)18-13/h10-11H,3-8H2,1-2H3,(H3,15,16,17,18). The lowest BCUT2D eigenvalue weighted by atomic mass is 9.83. The maximum Gasteiger partial charge on any atom is 0.332 e. The second-order valence-corrected chi connectivity index (χ2v) is 5.68. The van der Waals surface area contributed by atoms with Crippen molar-refractivity contribution >= 4 is 17.5 Å². The first-order valence-corrected chi connectivity index (χ1v) is 7.58. The molecule has 0 aromatic carbocycles. The molecule has 116 valence electrons. The molecule has 3 N–H and O–H groups in total. The summed E-state index contributed by atoms with van der Waals surface area (Å²) < 4.78 is 0. The monoisotopic (exact) mass is 293 g/mol. The normalized spacial score (nSPS) is 17.4. The van der Waals surface area contributed by atoms with Gasteiger partial charge in [0.1, 0.15) is 5.69 Å². The molecule has 0 saturated heterocycles. The van der Waals surface area contributed by atoms with E-state index >= 15 is 0 Å². The highest BCUT2D eigenvalue weighted by atomic mass is 16.6. The van der Waals surface area contributed by atoms with E-state index in [1.54, 1.807) is 6.92 Å². The zero-order valence-corrected chi connectivity index (χ0v) is 12.6. The lowest BCUT2D eigenvalue weighted by Gasteiger charge is -2.30. The Morgan fingerprint density at radius 3 is 2.62 bits per heavy atom. The maximum atomic E-state index is 11.2. The van der Waals surface area contributed by atoms with Crippen LogP contribution in [0.25, 0.3) is 0 Å². The predicted octanol–water partition coefficient (Wildman–Crippen LogP) is 3.05. The van der Waals surface area contributed by atoms with Crippen LogP contribution in [0.3, 0.4) is 0 Å². The summed E-state index contributed by atoms with van der Waals surface area (Å²) >= 11 is 0. The number of hydrogen-bond acceptors (Lipinski definition) is 6. The summed E-state index contributed by atoms with van der Waals surface area (Å²) in [6.45, 7) is 3.68. The molecule has 0 spiro atoms. The van der Waals surface area contributed by atoms with Crippen LogP contribution in [-0.2, 0) is 0 Å². The summed E-state index contributed by atoms with van der Waals surface area (Å²) in [6, 6.07) is 0.192. The Labute approximate surface area is 124 Å². The van der Waals surface area contributed by atoms with Gasteiger partial charge >= 0.3 is 5.69 Å². The van der Waals surface area contributed by atoms with Crippen LogP contribution in [0.5, 0.6) is 0 Å². The Bertz CT molecular complexity index is 514. The molecule has 2 rings (SSSR count). The maximum absolute atomic E-state index is 11.2. The summed E-state index contributed by atoms with van der Waals surface area (Å²) in [5.74, 6) is 0.862. The van der Waals surface area contributed by atoms with Gasteiger partial charge in [0, 0.05) is 6.04 Å². The molecular formula is C14H23N5O2. The molecular weight excluding hydrogens is 270 g/mol. The van der Waals surface area contributed by atoms with E-state index in [2.05, 4.69) is 22.2 Å². The van der Waals surface area contributed by atoms with Crippen molar-refractivity contribution in [2.24, 2.45) is 5.92 Å². The third-order valence-corrected chi connectivity index (χ3v) is 4.24. The highest BCUT2D eigenvalue weighted by molar-refractivity contribution is 5.60. The molecule has 7 nitrogen and oxygen atoms in total. The van der Waals surface area contributed by atoms with Crippen molar-refractivity contribution in [3.63, 3.8) is 0 Å². The first kappa shape index (κ1) is 15.5. The van der Waals surface area contributed by atoms with Crippen LogP contribution >= 0.6 is 0 Å². The predicted molar refractivity (Wildman–Crippen MR) is 82.1 cm³/mol. The first-order chi connectivity index (χ1) is 10.0. The smallest absolute Gasteiger partial charge is 0.332 e. The van der Waals surface area contributed by atoms with E-state index in [1.165, 1.54) is 32.1 Å². The van der Waals surface area contributed by atoms with Crippen LogP contribution in [0.2, 0.25) is 0 Å². The Kier molecular flexibility index (Phi) is 4.93. The van der Waals surface area contributed by atoms with Gasteiger partial charge in [0.05, 0.1) is 4.92 Å². The largest absolute Gasteiger partial charge is 0.368 e. The second-order valence-electron chi connectivity index (χ2n) is 5.68. The zero-order chi connectivity index (χ0) is 15.4. The van der Waals surface area contributed by atoms with Gasteiger partial charge in [0.15, 0.2) is 0 Å². The third-order valence-electron chi connectivity index (χ3n) is 4.24. The molecule has 1 aliphatic carbocycles. The average Bonchev–Trinajstić information content (AvgIpc) is 2.44. The van der Waals surface area contributed by atoms with E-state index in [0.717, 1.165) is 6.42 Å². The molecule has 0 aliphatic heterocycles. The van der Waals surface area contributed by atoms with Gasteiger partial charge < -0.3 is 11.1 Å². The highest BCUT2D eigenvalue weighted by Crippen LogP contribution is 2.32. The van der Waals surface area contributed by atoms with Crippen LogP contribution in [0, 0.1) is 23.0 Å². The number of nitrogen functional groups attached to an aromatic ring is 1. The summed E-state index contributed by atoms with van der Waals surface area (Å²) in [5, 5.41) is 14.5. The van der Waals surface area contributed by atoms with Gasteiger partial charge in [-0.25, -0.2) is 4.98 Å². The van der Waals surface area contributed by atoms with Crippen LogP contribution in [0.15, 0.2) is 0 Å². The van der Waals surface area contributed by atoms with Crippen LogP contribution in [-0.4, -0.2) is 20.9 Å². The number of aromatic nitrogens is 2. The van der Waals surface area contributed by atoms with Gasteiger partial charge in [-0.05, 0) is 32.1 Å². The number of nitro groups is 1. The van der Waals surface area contributed by atoms with Gasteiger partial charge in [-0.15, -0.1) is 0 Å². The fourth-order valence-corrected chi connectivity index (χ4v) is 3.17. The topological polar surface area (TPSA) is 107 Å². The molecule has 1 aliphatic rings. The summed E-state index contributed by atoms with van der Waals surface area (Å²) in [7, 11) is 0. The minimum atomic E-state index is -0.440. The first-order valence-electron chi connectivity index (χ1n) is 7.58. The molecule has 21 heavy (non-hydrogen) atoms. The van der Waals surface area contributed by atoms with Gasteiger partial charge in [-0.2, -0.15) is 4.98 Å². The van der Waals surface area contributed by atoms with Gasteiger partial charge in [0.2, 0.25) is 11.8 Å². The number of nitrogens with zero attached hydrogens (tertiary/aromatic N) is 3. The molecule has 1 fully saturated rings. The minimum Gasteiger partial charge on any atom is -0.368 e. The van der Waals surface area contributed by atoms with Crippen molar-refractivity contribution < 1.29 is 4.92 Å². The third kappa shape index (κ3) is 3.59. The molecule has 1 unspecified atom stereocenters. The number of aryl methyl sites for hydroxylation is 1. The molecule has 0 bridgehead atoms. The number of nitrogens with one attached hydrogen (secondary N) is 1. The van der Waals surface area contributed by atoms with Crippen molar-refractivity contribution in [1.29, 1.82) is 0 Å². The summed E-state index contributed by atoms with van der Waals surface area (Å²) in [4.78, 5) is 18.7. The zero-order valence-electron chi connectivity index (χ0n) is 12.6. The second kappa shape index (κ2) is 6.69. The Hall–Kier alpha value is -1.92. The van der Waals surface area contributed by atoms with Crippen molar-refractivity contribution in [3.8, 4) is 0 Å². The van der Waals surface area contributed by atoms with E-state index in [0.29, 0.717) is 11.6 Å². The Balaban J connectivity index is 2.25. The van der Waals surface area contributed by atoms with Gasteiger partial charge in [0.25, 0.3) is 0 Å². The van der Waals surface area contributed by atoms with Gasteiger partial charge in [-0.1, -0.05) is 26.2 Å². The van der Waals surface area contributed by atoms with E-state index in [4.69, 9.17) is 5.73 Å². The molecule has 0 amide bonds. The summed E-state index contributed by atoms with van der Waals surface area (Å²) in [5.41, 5.74) is 5.87. The molecule has 1 saturated carbocycles. The van der Waals surface area contributed by atoms with Crippen molar-refractivity contribution in [1.82, 2.24) is 9.97 Å². The molecule has 1 heterocycles. The van der Waals surface area contributed by atoms with Crippen LogP contribution in [0.1, 0.15) is 51.1 Å². The molecule has 1 aromatic heterocycles. The Morgan fingerprint density at radius 1 is 1.38 bits per heavy atom. The number of anilines is 2. The lowest BCUT2D eigenvalue weighted by Crippen LogP contribution is -2.31. The summed E-state index contributed by atoms with van der Waals surface area (Å²) in [6.07, 6.45) is 6.99. The van der Waals surface area contributed by atoms with Crippen molar-refractivity contribution in [2.75, 3.05) is 11.1 Å². The molecule has 0 radical (unpaired) electrons. The number of nitrogens with two attached hydrogens (primary N) is 1. The SMILES string of the molecule is CCC(Nc1nc(N)nc(C)c1[N+](=O)[O-])C1CCCCC1. The van der Waals surface area contributed by atoms with E-state index < -0.39 is 4.92 Å². The fourth-order valence-electron chi connectivity index (χ4n) is 3.17. The minimum absolute atomic E-state index is 0.0686. The van der Waals surface area contributed by atoms with E-state index in [-0.39, 0.29) is 23.5 Å². The van der Waals surface area contributed by atoms with Crippen molar-refractivity contribution in [3.05, 3.63) is 15.8 Å². The quantitative estimate of drug-likeness (QED) is 0.638. The molecule has 1 aromatic rings.